The number of carbonyl (C=O) groups excluding carboxylic acids is 2. The molecule has 6 heterocycles. The number of aromatic nitrogens is 1. The van der Waals surface area contributed by atoms with Crippen molar-refractivity contribution in [2.75, 3.05) is 45.7 Å². The van der Waals surface area contributed by atoms with E-state index in [1.807, 2.05) is 43.3 Å². The molecule has 0 amide bonds. The molecule has 11 nitrogen and oxygen atoms in total. The fourth-order valence-electron chi connectivity index (χ4n) is 11.9. The van der Waals surface area contributed by atoms with Crippen molar-refractivity contribution in [2.24, 2.45) is 11.3 Å². The number of phenolic OH excluding ortho intramolecular Hbond substituents is 1. The highest BCUT2D eigenvalue weighted by molar-refractivity contribution is 5.94. The third-order valence-electron chi connectivity index (χ3n) is 13.9. The summed E-state index contributed by atoms with van der Waals surface area (Å²) in [4.78, 5) is 37.1. The van der Waals surface area contributed by atoms with Gasteiger partial charge in [-0.1, -0.05) is 55.8 Å². The maximum atomic E-state index is 14.8. The van der Waals surface area contributed by atoms with E-state index in [1.165, 1.54) is 19.8 Å². The Kier molecular flexibility index (Phi) is 7.39. The normalized spacial score (nSPS) is 37.1. The third-order valence-corrected chi connectivity index (χ3v) is 13.9. The lowest BCUT2D eigenvalue weighted by molar-refractivity contribution is -0.215. The molecule has 2 unspecified atom stereocenters. The number of aliphatic hydroxyl groups is 2. The average Bonchev–Trinajstić information content (AvgIpc) is 3.83. The predicted molar refractivity (Wildman–Crippen MR) is 195 cm³/mol. The molecule has 2 bridgehead atoms. The van der Waals surface area contributed by atoms with E-state index < -0.39 is 45.9 Å². The van der Waals surface area contributed by atoms with Crippen LogP contribution < -0.4 is 5.32 Å². The highest BCUT2D eigenvalue weighted by atomic mass is 16.5. The van der Waals surface area contributed by atoms with E-state index in [-0.39, 0.29) is 17.7 Å². The number of rotatable bonds is 5. The molecular weight excluding hydrogens is 660 g/mol. The molecule has 5 aliphatic heterocycles. The summed E-state index contributed by atoms with van der Waals surface area (Å²) in [6, 6.07) is 10.4. The van der Waals surface area contributed by atoms with Gasteiger partial charge >= 0.3 is 11.9 Å². The molecule has 274 valence electrons. The van der Waals surface area contributed by atoms with Crippen molar-refractivity contribution >= 4 is 28.5 Å². The number of para-hydroxylation sites is 1. The molecule has 9 rings (SSSR count). The van der Waals surface area contributed by atoms with Gasteiger partial charge in [0.05, 0.1) is 20.3 Å². The van der Waals surface area contributed by atoms with E-state index in [4.69, 9.17) is 9.47 Å². The van der Waals surface area contributed by atoms with E-state index in [1.54, 1.807) is 6.07 Å². The zero-order chi connectivity index (χ0) is 36.4. The standard InChI is InChI=1S/C41H48N4O7/c1-5-23-16-24-19-40(36(48)51-3,32-26(22-44(20-23)21-24)25-10-7-8-11-29(25)42-32)28-17-27-30(18-31(28)46)43-33-39(27)13-15-45-14-9-12-38(6-2,34(39)45)35(47)41(33,50)37(49)52-4/h7-12,16-18,24,33-35,42-43,46-47,50H,5-6,13-15,19-22H2,1-4H3/t24?,33-,34-,35-,38-,39+,40+,41+/m1/s1. The topological polar surface area (TPSA) is 148 Å². The first kappa shape index (κ1) is 33.7. The smallest absolute Gasteiger partial charge is 0.342 e. The summed E-state index contributed by atoms with van der Waals surface area (Å²) in [6.07, 6.45) is 7.15. The van der Waals surface area contributed by atoms with Gasteiger partial charge in [-0.25, -0.2) is 4.79 Å². The molecule has 1 aromatic heterocycles. The Labute approximate surface area is 303 Å². The Balaban J connectivity index is 1.34. The van der Waals surface area contributed by atoms with E-state index in [2.05, 4.69) is 39.2 Å². The minimum Gasteiger partial charge on any atom is -0.508 e. The van der Waals surface area contributed by atoms with Crippen LogP contribution in [-0.4, -0.2) is 106 Å². The van der Waals surface area contributed by atoms with Gasteiger partial charge in [0.2, 0.25) is 5.60 Å². The molecule has 1 spiro atoms. The van der Waals surface area contributed by atoms with Crippen molar-refractivity contribution in [3.63, 3.8) is 0 Å². The van der Waals surface area contributed by atoms with Crippen LogP contribution in [0.4, 0.5) is 5.69 Å². The summed E-state index contributed by atoms with van der Waals surface area (Å²) in [5, 5.41) is 41.5. The summed E-state index contributed by atoms with van der Waals surface area (Å²) in [6.45, 7) is 7.72. The second-order valence-corrected chi connectivity index (χ2v) is 16.0. The number of nitrogens with zero attached hydrogens (tertiary/aromatic N) is 2. The Morgan fingerprint density at radius 3 is 2.60 bits per heavy atom. The maximum Gasteiger partial charge on any atom is 0.342 e. The van der Waals surface area contributed by atoms with Crippen molar-refractivity contribution in [1.29, 1.82) is 0 Å². The van der Waals surface area contributed by atoms with Gasteiger partial charge in [0.15, 0.2) is 0 Å². The molecule has 0 radical (unpaired) electrons. The monoisotopic (exact) mass is 708 g/mol. The van der Waals surface area contributed by atoms with Crippen LogP contribution in [0.3, 0.4) is 0 Å². The predicted octanol–water partition coefficient (Wildman–Crippen LogP) is 3.86. The molecule has 2 aromatic carbocycles. The second-order valence-electron chi connectivity index (χ2n) is 16.0. The van der Waals surface area contributed by atoms with E-state index in [0.29, 0.717) is 55.8 Å². The van der Waals surface area contributed by atoms with Crippen molar-refractivity contribution < 1.29 is 34.4 Å². The number of fused-ring (bicyclic) bond motifs is 6. The summed E-state index contributed by atoms with van der Waals surface area (Å²) in [7, 11) is 2.63. The summed E-state index contributed by atoms with van der Waals surface area (Å²) in [5.74, 6) is -1.48. The molecule has 9 atom stereocenters. The van der Waals surface area contributed by atoms with Gasteiger partial charge < -0.3 is 35.1 Å². The van der Waals surface area contributed by atoms with Gasteiger partial charge in [-0.15, -0.1) is 0 Å². The Hall–Kier alpha value is -4.16. The maximum absolute atomic E-state index is 14.8. The van der Waals surface area contributed by atoms with Gasteiger partial charge in [0.1, 0.15) is 17.3 Å². The lowest BCUT2D eigenvalue weighted by Crippen LogP contribution is -2.79. The van der Waals surface area contributed by atoms with Gasteiger partial charge in [-0.2, -0.15) is 0 Å². The molecule has 1 saturated heterocycles. The minimum atomic E-state index is -2.31. The van der Waals surface area contributed by atoms with Crippen molar-refractivity contribution in [3.8, 4) is 5.75 Å². The minimum absolute atomic E-state index is 0.00788. The number of aromatic amines is 1. The van der Waals surface area contributed by atoms with E-state index >= 15 is 0 Å². The number of nitrogens with one attached hydrogen (secondary N) is 2. The number of benzene rings is 2. The number of hydrogen-bond donors (Lipinski definition) is 5. The molecule has 52 heavy (non-hydrogen) atoms. The van der Waals surface area contributed by atoms with Crippen LogP contribution >= 0.6 is 0 Å². The number of methoxy groups -OCH3 is 2. The SMILES string of the molecule is CCC1=CC2CN(C1)Cc1c([nH]c3ccccc13)[C@@](C(=O)OC)(c1cc3c(cc1O)N[C@H]1[C@@](O)(C(=O)OC)[C@H](O)[C@]4(CC)C=CCN5CC[C@]31[C@H]54)C2. The Bertz CT molecular complexity index is 2070. The molecule has 1 saturated carbocycles. The first-order valence-corrected chi connectivity index (χ1v) is 18.7. The van der Waals surface area contributed by atoms with Crippen LogP contribution in [0.1, 0.15) is 61.9 Å². The highest BCUT2D eigenvalue weighted by Gasteiger charge is 2.78. The first-order chi connectivity index (χ1) is 25.0. The number of ether oxygens (including phenoxy) is 2. The summed E-state index contributed by atoms with van der Waals surface area (Å²) >= 11 is 0. The molecule has 5 N–H and O–H groups in total. The highest BCUT2D eigenvalue weighted by Crippen LogP contribution is 2.66. The van der Waals surface area contributed by atoms with Gasteiger partial charge in [-0.05, 0) is 61.4 Å². The molecule has 2 fully saturated rings. The lowest BCUT2D eigenvalue weighted by atomic mass is 9.48. The van der Waals surface area contributed by atoms with Gasteiger partial charge in [0.25, 0.3) is 0 Å². The average molecular weight is 709 g/mol. The number of hydrogen-bond acceptors (Lipinski definition) is 10. The van der Waals surface area contributed by atoms with Crippen LogP contribution in [0.25, 0.3) is 10.9 Å². The largest absolute Gasteiger partial charge is 0.508 e. The number of carbonyl (C=O) groups is 2. The molecule has 11 heteroatoms. The van der Waals surface area contributed by atoms with Crippen LogP contribution in [0.2, 0.25) is 0 Å². The van der Waals surface area contributed by atoms with E-state index in [9.17, 15) is 24.9 Å². The van der Waals surface area contributed by atoms with Crippen LogP contribution in [0, 0.1) is 11.3 Å². The second kappa shape index (κ2) is 11.4. The molecule has 6 aliphatic rings. The number of esters is 2. The van der Waals surface area contributed by atoms with Crippen molar-refractivity contribution in [2.45, 2.75) is 80.7 Å². The summed E-state index contributed by atoms with van der Waals surface area (Å²) in [5.41, 5.74) is 0.104. The fourth-order valence-corrected chi connectivity index (χ4v) is 11.9. The third kappa shape index (κ3) is 4.00. The zero-order valence-electron chi connectivity index (χ0n) is 30.2. The number of H-pyrrole nitrogens is 1. The number of aromatic hydroxyl groups is 1. The molecule has 1 aliphatic carbocycles. The number of aliphatic hydroxyl groups excluding tert-OH is 1. The Morgan fingerprint density at radius 2 is 1.85 bits per heavy atom. The fraction of sp³-hybridized carbons (Fsp3) is 0.512. The van der Waals surface area contributed by atoms with Gasteiger partial charge in [0, 0.05) is 77.0 Å². The molecule has 3 aromatic rings. The first-order valence-electron chi connectivity index (χ1n) is 18.7. The van der Waals surface area contributed by atoms with Crippen molar-refractivity contribution in [3.05, 3.63) is 82.6 Å². The van der Waals surface area contributed by atoms with E-state index in [0.717, 1.165) is 41.5 Å². The summed E-state index contributed by atoms with van der Waals surface area (Å²) < 4.78 is 11.0. The van der Waals surface area contributed by atoms with Crippen LogP contribution in [-0.2, 0) is 36.4 Å². The van der Waals surface area contributed by atoms with Crippen molar-refractivity contribution in [1.82, 2.24) is 14.8 Å². The zero-order valence-corrected chi connectivity index (χ0v) is 30.2. The quantitative estimate of drug-likeness (QED) is 0.196. The number of anilines is 1. The van der Waals surface area contributed by atoms with Crippen LogP contribution in [0.5, 0.6) is 5.75 Å². The Morgan fingerprint density at radius 1 is 1.06 bits per heavy atom. The lowest BCUT2D eigenvalue weighted by Gasteiger charge is -2.62. The molecular formula is C41H48N4O7. The van der Waals surface area contributed by atoms with Gasteiger partial charge in [-0.3, -0.25) is 14.6 Å². The van der Waals surface area contributed by atoms with Crippen LogP contribution in [0.15, 0.2) is 60.2 Å². The number of phenols is 1.